The second kappa shape index (κ2) is 9.69. The van der Waals surface area contributed by atoms with E-state index in [9.17, 15) is 29.8 Å². The largest absolute Gasteiger partial charge is 0.481 e. The highest BCUT2D eigenvalue weighted by molar-refractivity contribution is 9.10. The fourth-order valence-corrected chi connectivity index (χ4v) is 3.70. The monoisotopic (exact) mass is 539 g/mol. The average molecular weight is 540 g/mol. The molecule has 3 aromatic carbocycles. The molecule has 12 nitrogen and oxygen atoms in total. The summed E-state index contributed by atoms with van der Waals surface area (Å²) in [6.45, 7) is -0.141. The van der Waals surface area contributed by atoms with Crippen molar-refractivity contribution >= 4 is 44.4 Å². The average Bonchev–Trinajstić information content (AvgIpc) is 2.83. The van der Waals surface area contributed by atoms with E-state index in [1.165, 1.54) is 42.5 Å². The summed E-state index contributed by atoms with van der Waals surface area (Å²) in [5.74, 6) is -0.162. The maximum atomic E-state index is 12.7. The number of para-hydroxylation sites is 1. The lowest BCUT2D eigenvalue weighted by Crippen LogP contribution is -2.32. The molecule has 0 saturated carbocycles. The van der Waals surface area contributed by atoms with Crippen molar-refractivity contribution in [3.8, 4) is 5.75 Å². The number of hydrogen-bond acceptors (Lipinski definition) is 8. The van der Waals surface area contributed by atoms with Crippen LogP contribution in [-0.2, 0) is 6.61 Å². The molecule has 0 amide bonds. The van der Waals surface area contributed by atoms with Crippen LogP contribution in [0.2, 0.25) is 0 Å². The van der Waals surface area contributed by atoms with Crippen molar-refractivity contribution in [2.24, 2.45) is 5.10 Å². The van der Waals surface area contributed by atoms with Gasteiger partial charge in [0.1, 0.15) is 6.61 Å². The van der Waals surface area contributed by atoms with Crippen LogP contribution in [0, 0.1) is 20.2 Å². The summed E-state index contributed by atoms with van der Waals surface area (Å²) in [6.07, 6.45) is 1.11. The first-order valence-electron chi connectivity index (χ1n) is 9.87. The molecule has 0 fully saturated rings. The molecule has 0 spiro atoms. The summed E-state index contributed by atoms with van der Waals surface area (Å²) < 4.78 is 6.64. The van der Waals surface area contributed by atoms with Gasteiger partial charge in [-0.2, -0.15) is 5.10 Å². The maximum Gasteiger partial charge on any atom is 0.349 e. The summed E-state index contributed by atoms with van der Waals surface area (Å²) >= 11 is 3.20. The molecule has 4 rings (SSSR count). The standard InChI is InChI=1S/C22H14BrN5O7/c23-15-9-14(11-24-26-21(29)17-3-1-2-4-18(17)25-22(26)30)20(19(10-15)28(33)34)35-12-13-5-7-16(8-6-13)27(31)32/h1-11H,12H2,(H,25,30). The lowest BCUT2D eigenvalue weighted by molar-refractivity contribution is -0.386. The Hall–Kier alpha value is -4.65. The SMILES string of the molecule is O=c1[nH]c2ccccc2c(=O)n1N=Cc1cc(Br)cc([N+](=O)[O-])c1OCc1ccc([N+](=O)[O-])cc1. The molecule has 4 aromatic rings. The number of aromatic nitrogens is 2. The van der Waals surface area contributed by atoms with Crippen LogP contribution in [0.15, 0.2) is 79.8 Å². The Morgan fingerprint density at radius 3 is 2.43 bits per heavy atom. The van der Waals surface area contributed by atoms with Gasteiger partial charge < -0.3 is 9.72 Å². The van der Waals surface area contributed by atoms with E-state index in [-0.39, 0.29) is 34.7 Å². The van der Waals surface area contributed by atoms with Gasteiger partial charge in [-0.15, -0.1) is 4.68 Å². The molecule has 1 N–H and O–H groups in total. The van der Waals surface area contributed by atoms with Gasteiger partial charge in [0.15, 0.2) is 0 Å². The number of hydrogen-bond donors (Lipinski definition) is 1. The number of rotatable bonds is 7. The van der Waals surface area contributed by atoms with Crippen LogP contribution >= 0.6 is 15.9 Å². The van der Waals surface area contributed by atoms with Crippen LogP contribution in [0.25, 0.3) is 10.9 Å². The van der Waals surface area contributed by atoms with Crippen molar-refractivity contribution in [1.29, 1.82) is 0 Å². The highest BCUT2D eigenvalue weighted by Gasteiger charge is 2.21. The molecule has 0 bridgehead atoms. The second-order valence-electron chi connectivity index (χ2n) is 7.15. The molecule has 0 radical (unpaired) electrons. The van der Waals surface area contributed by atoms with E-state index < -0.39 is 21.1 Å². The van der Waals surface area contributed by atoms with Crippen LogP contribution in [0.3, 0.4) is 0 Å². The highest BCUT2D eigenvalue weighted by atomic mass is 79.9. The number of aromatic amines is 1. The number of fused-ring (bicyclic) bond motifs is 1. The van der Waals surface area contributed by atoms with Crippen molar-refractivity contribution in [1.82, 2.24) is 9.66 Å². The van der Waals surface area contributed by atoms with Gasteiger partial charge >= 0.3 is 11.4 Å². The van der Waals surface area contributed by atoms with Crippen molar-refractivity contribution in [3.05, 3.63) is 117 Å². The zero-order valence-corrected chi connectivity index (χ0v) is 19.2. The minimum atomic E-state index is -0.789. The lowest BCUT2D eigenvalue weighted by atomic mass is 10.2. The van der Waals surface area contributed by atoms with Gasteiger partial charge in [-0.1, -0.05) is 28.1 Å². The van der Waals surface area contributed by atoms with E-state index in [2.05, 4.69) is 26.0 Å². The molecule has 1 heterocycles. The quantitative estimate of drug-likeness (QED) is 0.212. The Labute approximate surface area is 203 Å². The first-order chi connectivity index (χ1) is 16.7. The number of benzene rings is 3. The second-order valence-corrected chi connectivity index (χ2v) is 8.07. The molecule has 35 heavy (non-hydrogen) atoms. The molecule has 0 atom stereocenters. The number of halogens is 1. The van der Waals surface area contributed by atoms with Gasteiger partial charge in [0.25, 0.3) is 11.2 Å². The summed E-state index contributed by atoms with van der Waals surface area (Å²) in [6, 6.07) is 14.6. The fraction of sp³-hybridized carbons (Fsp3) is 0.0455. The summed E-state index contributed by atoms with van der Waals surface area (Å²) in [5, 5.41) is 26.7. The smallest absolute Gasteiger partial charge is 0.349 e. The van der Waals surface area contributed by atoms with E-state index in [0.717, 1.165) is 6.21 Å². The molecule has 0 aliphatic rings. The third-order valence-corrected chi connectivity index (χ3v) is 5.34. The van der Waals surface area contributed by atoms with Gasteiger partial charge in [0.05, 0.1) is 27.0 Å². The van der Waals surface area contributed by atoms with Crippen LogP contribution in [0.4, 0.5) is 11.4 Å². The number of non-ortho nitro benzene ring substituents is 1. The number of nitro benzene ring substituents is 2. The molecule has 0 saturated heterocycles. The first kappa shape index (κ1) is 23.5. The number of nitro groups is 2. The zero-order chi connectivity index (χ0) is 25.1. The minimum absolute atomic E-state index is 0.109. The predicted molar refractivity (Wildman–Crippen MR) is 130 cm³/mol. The minimum Gasteiger partial charge on any atom is -0.481 e. The maximum absolute atomic E-state index is 12.7. The van der Waals surface area contributed by atoms with Crippen LogP contribution in [0.1, 0.15) is 11.1 Å². The van der Waals surface area contributed by atoms with Gasteiger partial charge in [-0.05, 0) is 35.9 Å². The van der Waals surface area contributed by atoms with Gasteiger partial charge in [0, 0.05) is 28.2 Å². The Bertz CT molecular complexity index is 1610. The number of nitrogens with zero attached hydrogens (tertiary/aromatic N) is 4. The van der Waals surface area contributed by atoms with Crippen LogP contribution in [-0.4, -0.2) is 25.7 Å². The molecule has 0 aliphatic carbocycles. The number of nitrogens with one attached hydrogen (secondary N) is 1. The van der Waals surface area contributed by atoms with Gasteiger partial charge in [0.2, 0.25) is 5.75 Å². The van der Waals surface area contributed by atoms with E-state index in [4.69, 9.17) is 4.74 Å². The van der Waals surface area contributed by atoms with E-state index in [1.54, 1.807) is 18.2 Å². The van der Waals surface area contributed by atoms with Crippen LogP contribution < -0.4 is 16.0 Å². The molecule has 1 aromatic heterocycles. The third kappa shape index (κ3) is 4.99. The molecular weight excluding hydrogens is 526 g/mol. The number of ether oxygens (including phenoxy) is 1. The first-order valence-corrected chi connectivity index (χ1v) is 10.7. The van der Waals surface area contributed by atoms with Crippen molar-refractivity contribution < 1.29 is 14.6 Å². The van der Waals surface area contributed by atoms with Crippen LogP contribution in [0.5, 0.6) is 5.75 Å². The Morgan fingerprint density at radius 2 is 1.74 bits per heavy atom. The van der Waals surface area contributed by atoms with Crippen molar-refractivity contribution in [2.75, 3.05) is 0 Å². The Kier molecular flexibility index (Phi) is 6.51. The number of H-pyrrole nitrogens is 1. The van der Waals surface area contributed by atoms with Gasteiger partial charge in [-0.3, -0.25) is 25.0 Å². The zero-order valence-electron chi connectivity index (χ0n) is 17.6. The van der Waals surface area contributed by atoms with E-state index >= 15 is 0 Å². The van der Waals surface area contributed by atoms with Crippen molar-refractivity contribution in [2.45, 2.75) is 6.61 Å². The normalized spacial score (nSPS) is 11.1. The summed E-state index contributed by atoms with van der Waals surface area (Å²) in [5.41, 5.74) is -0.963. The lowest BCUT2D eigenvalue weighted by Gasteiger charge is -2.10. The summed E-state index contributed by atoms with van der Waals surface area (Å²) in [7, 11) is 0. The molecule has 0 unspecified atom stereocenters. The van der Waals surface area contributed by atoms with E-state index in [1.807, 2.05) is 0 Å². The third-order valence-electron chi connectivity index (χ3n) is 4.89. The predicted octanol–water partition coefficient (Wildman–Crippen LogP) is 3.73. The molecule has 13 heteroatoms. The van der Waals surface area contributed by atoms with Crippen molar-refractivity contribution in [3.63, 3.8) is 0 Å². The molecular formula is C22H14BrN5O7. The Balaban J connectivity index is 1.74. The molecule has 176 valence electrons. The topological polar surface area (TPSA) is 163 Å². The molecule has 0 aliphatic heterocycles. The van der Waals surface area contributed by atoms with Gasteiger partial charge in [-0.25, -0.2) is 4.79 Å². The Morgan fingerprint density at radius 1 is 1.03 bits per heavy atom. The summed E-state index contributed by atoms with van der Waals surface area (Å²) in [4.78, 5) is 48.9. The van der Waals surface area contributed by atoms with E-state index in [0.29, 0.717) is 20.2 Å². The fourth-order valence-electron chi connectivity index (χ4n) is 3.24. The highest BCUT2D eigenvalue weighted by Crippen LogP contribution is 2.34.